The number of anilines is 1. The number of benzene rings is 1. The number of rotatable bonds is 5. The van der Waals surface area contributed by atoms with Gasteiger partial charge < -0.3 is 25.0 Å². The summed E-state index contributed by atoms with van der Waals surface area (Å²) < 4.78 is 11.2. The molecule has 8 nitrogen and oxygen atoms in total. The highest BCUT2D eigenvalue weighted by molar-refractivity contribution is 5.97. The van der Waals surface area contributed by atoms with Crippen molar-refractivity contribution >= 4 is 17.7 Å². The molecule has 0 unspecified atom stereocenters. The summed E-state index contributed by atoms with van der Waals surface area (Å²) in [6, 6.07) is 4.65. The molecule has 4 rings (SSSR count). The Morgan fingerprint density at radius 1 is 1.12 bits per heavy atom. The van der Waals surface area contributed by atoms with Crippen LogP contribution in [0.25, 0.3) is 0 Å². The molecule has 1 aliphatic carbocycles. The lowest BCUT2D eigenvalue weighted by Crippen LogP contribution is -2.45. The molecule has 2 aliphatic rings. The number of carbonyl (C=O) groups is 2. The topological polar surface area (TPSA) is 92.8 Å². The van der Waals surface area contributed by atoms with Crippen LogP contribution >= 0.6 is 0 Å². The number of pyridine rings is 1. The second kappa shape index (κ2) is 14.1. The first kappa shape index (κ1) is 31.4. The maximum atomic E-state index is 13.7. The summed E-state index contributed by atoms with van der Waals surface area (Å²) >= 11 is 0. The fourth-order valence-corrected chi connectivity index (χ4v) is 6.22. The van der Waals surface area contributed by atoms with Crippen molar-refractivity contribution in [3.8, 4) is 5.75 Å². The summed E-state index contributed by atoms with van der Waals surface area (Å²) in [5, 5.41) is 6.23. The molecule has 2 amide bonds. The summed E-state index contributed by atoms with van der Waals surface area (Å²) in [6.45, 7) is 11.1. The SMILES string of the molecule is CCN(c1cncc2c1C/C=C\CCCc1cc(C)cc(OC)c1CNC2=O)C1CCC(NC(=O)OC(C)(C)C)CC1. The summed E-state index contributed by atoms with van der Waals surface area (Å²) in [4.78, 5) is 32.9. The number of aromatic nitrogens is 1. The van der Waals surface area contributed by atoms with Crippen LogP contribution in [0.4, 0.5) is 10.5 Å². The van der Waals surface area contributed by atoms with E-state index in [0.717, 1.165) is 79.6 Å². The van der Waals surface area contributed by atoms with Crippen LogP contribution in [-0.4, -0.2) is 48.3 Å². The van der Waals surface area contributed by atoms with Gasteiger partial charge in [0, 0.05) is 36.9 Å². The average molecular weight is 577 g/mol. The second-order valence-electron chi connectivity index (χ2n) is 12.5. The monoisotopic (exact) mass is 576 g/mol. The predicted octanol–water partition coefficient (Wildman–Crippen LogP) is 6.43. The van der Waals surface area contributed by atoms with E-state index in [1.807, 2.05) is 33.0 Å². The molecule has 0 radical (unpaired) electrons. The first-order valence-corrected chi connectivity index (χ1v) is 15.4. The van der Waals surface area contributed by atoms with Gasteiger partial charge in [-0.15, -0.1) is 0 Å². The van der Waals surface area contributed by atoms with Crippen LogP contribution in [0, 0.1) is 6.92 Å². The van der Waals surface area contributed by atoms with Crippen molar-refractivity contribution in [3.63, 3.8) is 0 Å². The van der Waals surface area contributed by atoms with Crippen molar-refractivity contribution < 1.29 is 19.1 Å². The number of carbonyl (C=O) groups excluding carboxylic acids is 2. The summed E-state index contributed by atoms with van der Waals surface area (Å²) in [6.07, 6.45) is 14.9. The standard InChI is InChI=1S/C34H48N4O4/c1-7-38(26-16-14-25(15-17-26)37-33(40)42-34(3,4)5)30-22-35-20-29-27(30)13-11-9-8-10-12-24-18-23(2)19-31(41-6)28(24)21-36-32(29)39/h9,11,18-20,22,25-26H,7-8,10,12-17,21H2,1-6H3,(H,36,39)(H,37,40)/b11-9-. The first-order valence-electron chi connectivity index (χ1n) is 15.4. The van der Waals surface area contributed by atoms with Crippen LogP contribution in [0.3, 0.4) is 0 Å². The predicted molar refractivity (Wildman–Crippen MR) is 167 cm³/mol. The number of hydrogen-bond acceptors (Lipinski definition) is 6. The number of fused-ring (bicyclic) bond motifs is 2. The molecule has 1 aliphatic heterocycles. The van der Waals surface area contributed by atoms with Crippen LogP contribution in [-0.2, 0) is 24.1 Å². The molecule has 0 spiro atoms. The third-order valence-corrected chi connectivity index (χ3v) is 8.18. The van der Waals surface area contributed by atoms with Crippen LogP contribution in [0.1, 0.15) is 98.8 Å². The molecule has 0 saturated heterocycles. The van der Waals surface area contributed by atoms with E-state index in [2.05, 4.69) is 52.6 Å². The minimum atomic E-state index is -0.512. The third kappa shape index (κ3) is 8.05. The number of nitrogens with zero attached hydrogens (tertiary/aromatic N) is 2. The van der Waals surface area contributed by atoms with Gasteiger partial charge in [0.05, 0.1) is 24.6 Å². The molecule has 1 aromatic heterocycles. The Bertz CT molecular complexity index is 1280. The van der Waals surface area contributed by atoms with Gasteiger partial charge in [-0.1, -0.05) is 18.2 Å². The number of amides is 2. The average Bonchev–Trinajstić information content (AvgIpc) is 2.95. The van der Waals surface area contributed by atoms with E-state index in [1.165, 1.54) is 5.56 Å². The molecule has 0 bridgehead atoms. The number of ether oxygens (including phenoxy) is 2. The first-order chi connectivity index (χ1) is 20.1. The van der Waals surface area contributed by atoms with Crippen molar-refractivity contribution in [2.45, 2.75) is 110 Å². The summed E-state index contributed by atoms with van der Waals surface area (Å²) in [5.41, 5.74) is 5.54. The number of aryl methyl sites for hydroxylation is 2. The lowest BCUT2D eigenvalue weighted by atomic mass is 9.89. The Morgan fingerprint density at radius 3 is 2.57 bits per heavy atom. The minimum Gasteiger partial charge on any atom is -0.496 e. The number of methoxy groups -OCH3 is 1. The molecule has 2 aromatic rings. The Kier molecular flexibility index (Phi) is 10.5. The van der Waals surface area contributed by atoms with Crippen molar-refractivity contribution in [2.75, 3.05) is 18.6 Å². The Hall–Kier alpha value is -3.55. The van der Waals surface area contributed by atoms with Crippen LogP contribution in [0.15, 0.2) is 36.7 Å². The molecule has 8 heteroatoms. The molecule has 0 atom stereocenters. The zero-order chi connectivity index (χ0) is 30.3. The zero-order valence-corrected chi connectivity index (χ0v) is 26.2. The molecule has 228 valence electrons. The Morgan fingerprint density at radius 2 is 1.88 bits per heavy atom. The van der Waals surface area contributed by atoms with Crippen LogP contribution in [0.5, 0.6) is 5.75 Å². The Labute approximate surface area is 251 Å². The van der Waals surface area contributed by atoms with E-state index in [-0.39, 0.29) is 18.0 Å². The second-order valence-corrected chi connectivity index (χ2v) is 12.5. The number of alkyl carbamates (subject to hydrolysis) is 1. The highest BCUT2D eigenvalue weighted by atomic mass is 16.6. The highest BCUT2D eigenvalue weighted by Gasteiger charge is 2.29. The lowest BCUT2D eigenvalue weighted by Gasteiger charge is -2.39. The van der Waals surface area contributed by atoms with Gasteiger partial charge in [-0.3, -0.25) is 9.78 Å². The van der Waals surface area contributed by atoms with Crippen LogP contribution < -0.4 is 20.3 Å². The smallest absolute Gasteiger partial charge is 0.407 e. The van der Waals surface area contributed by atoms with Gasteiger partial charge in [-0.05, 0) is 109 Å². The van der Waals surface area contributed by atoms with Gasteiger partial charge in [0.25, 0.3) is 5.91 Å². The number of nitrogens with one attached hydrogen (secondary N) is 2. The van der Waals surface area contributed by atoms with E-state index >= 15 is 0 Å². The summed E-state index contributed by atoms with van der Waals surface area (Å²) in [5.74, 6) is 0.693. The van der Waals surface area contributed by atoms with E-state index < -0.39 is 5.60 Å². The molecule has 1 saturated carbocycles. The van der Waals surface area contributed by atoms with E-state index in [9.17, 15) is 9.59 Å². The van der Waals surface area contributed by atoms with Gasteiger partial charge in [-0.2, -0.15) is 0 Å². The van der Waals surface area contributed by atoms with Gasteiger partial charge in [0.1, 0.15) is 11.4 Å². The Balaban J connectivity index is 1.55. The van der Waals surface area contributed by atoms with E-state index in [0.29, 0.717) is 24.6 Å². The van der Waals surface area contributed by atoms with E-state index in [1.54, 1.807) is 13.3 Å². The normalized spacial score (nSPS) is 20.4. The maximum absolute atomic E-state index is 13.7. The third-order valence-electron chi connectivity index (χ3n) is 8.18. The van der Waals surface area contributed by atoms with Gasteiger partial charge in [0.2, 0.25) is 0 Å². The summed E-state index contributed by atoms with van der Waals surface area (Å²) in [7, 11) is 1.69. The molecular formula is C34H48N4O4. The molecule has 1 aromatic carbocycles. The van der Waals surface area contributed by atoms with Crippen molar-refractivity contribution in [2.24, 2.45) is 0 Å². The minimum absolute atomic E-state index is 0.102. The van der Waals surface area contributed by atoms with E-state index in [4.69, 9.17) is 9.47 Å². The van der Waals surface area contributed by atoms with Gasteiger partial charge in [-0.25, -0.2) is 4.79 Å². The zero-order valence-electron chi connectivity index (χ0n) is 26.2. The van der Waals surface area contributed by atoms with Crippen LogP contribution in [0.2, 0.25) is 0 Å². The maximum Gasteiger partial charge on any atom is 0.407 e. The quantitative estimate of drug-likeness (QED) is 0.399. The van der Waals surface area contributed by atoms with Gasteiger partial charge >= 0.3 is 6.09 Å². The molecule has 42 heavy (non-hydrogen) atoms. The molecule has 2 N–H and O–H groups in total. The number of allylic oxidation sites excluding steroid dienone is 2. The van der Waals surface area contributed by atoms with Crippen molar-refractivity contribution in [3.05, 3.63) is 64.5 Å². The van der Waals surface area contributed by atoms with Gasteiger partial charge in [0.15, 0.2) is 0 Å². The fourth-order valence-electron chi connectivity index (χ4n) is 6.22. The van der Waals surface area contributed by atoms with Crippen molar-refractivity contribution in [1.82, 2.24) is 15.6 Å². The molecular weight excluding hydrogens is 528 g/mol. The van der Waals surface area contributed by atoms with Crippen molar-refractivity contribution in [1.29, 1.82) is 0 Å². The number of hydrogen-bond donors (Lipinski definition) is 2. The fraction of sp³-hybridized carbons (Fsp3) is 0.559. The highest BCUT2D eigenvalue weighted by Crippen LogP contribution is 2.32. The largest absolute Gasteiger partial charge is 0.496 e. The molecule has 2 heterocycles. The lowest BCUT2D eigenvalue weighted by molar-refractivity contribution is 0.0491. The molecule has 1 fully saturated rings.